The standard InChI is InChI=1S/C12H11ClN2O2/c13-10-3-7(14)2-1-6(10)5-15-11(16)8-4-9(8)12(15)17/h1-3,8-9H,4-5,14H2. The Bertz CT molecular complexity index is 509. The van der Waals surface area contributed by atoms with Crippen molar-refractivity contribution in [2.75, 3.05) is 5.73 Å². The average Bonchev–Trinajstić information content (AvgIpc) is 3.02. The van der Waals surface area contributed by atoms with Crippen LogP contribution in [0.25, 0.3) is 0 Å². The summed E-state index contributed by atoms with van der Waals surface area (Å²) in [5.74, 6) is -0.245. The van der Waals surface area contributed by atoms with Crippen molar-refractivity contribution in [2.24, 2.45) is 11.8 Å². The number of hydrogen-bond acceptors (Lipinski definition) is 3. The number of piperidine rings is 1. The van der Waals surface area contributed by atoms with Crippen molar-refractivity contribution < 1.29 is 9.59 Å². The highest BCUT2D eigenvalue weighted by Gasteiger charge is 2.58. The van der Waals surface area contributed by atoms with Crippen LogP contribution in [0.1, 0.15) is 12.0 Å². The lowest BCUT2D eigenvalue weighted by molar-refractivity contribution is -0.142. The van der Waals surface area contributed by atoms with Gasteiger partial charge in [0.25, 0.3) is 0 Å². The van der Waals surface area contributed by atoms with Crippen LogP contribution in [0.3, 0.4) is 0 Å². The van der Waals surface area contributed by atoms with E-state index in [1.54, 1.807) is 18.2 Å². The highest BCUT2D eigenvalue weighted by Crippen LogP contribution is 2.47. The number of carbonyl (C=O) groups excluding carboxylic acids is 2. The van der Waals surface area contributed by atoms with Crippen LogP contribution >= 0.6 is 11.6 Å². The molecule has 17 heavy (non-hydrogen) atoms. The van der Waals surface area contributed by atoms with E-state index in [9.17, 15) is 9.59 Å². The van der Waals surface area contributed by atoms with Gasteiger partial charge in [-0.15, -0.1) is 0 Å². The number of fused-ring (bicyclic) bond motifs is 1. The summed E-state index contributed by atoms with van der Waals surface area (Å²) in [6, 6.07) is 5.10. The molecule has 4 nitrogen and oxygen atoms in total. The van der Waals surface area contributed by atoms with Crippen molar-refractivity contribution in [1.82, 2.24) is 4.90 Å². The number of imide groups is 1. The van der Waals surface area contributed by atoms with Gasteiger partial charge in [-0.05, 0) is 24.1 Å². The zero-order valence-corrected chi connectivity index (χ0v) is 9.78. The first-order valence-corrected chi connectivity index (χ1v) is 5.85. The number of nitrogens with two attached hydrogens (primary N) is 1. The smallest absolute Gasteiger partial charge is 0.233 e. The van der Waals surface area contributed by atoms with E-state index < -0.39 is 0 Å². The van der Waals surface area contributed by atoms with Gasteiger partial charge in [0, 0.05) is 10.7 Å². The Kier molecular flexibility index (Phi) is 2.16. The molecule has 1 heterocycles. The molecule has 1 aromatic rings. The molecule has 2 aliphatic rings. The van der Waals surface area contributed by atoms with Gasteiger partial charge >= 0.3 is 0 Å². The molecule has 2 N–H and O–H groups in total. The Morgan fingerprint density at radius 3 is 2.53 bits per heavy atom. The molecule has 0 bridgehead atoms. The van der Waals surface area contributed by atoms with E-state index >= 15 is 0 Å². The van der Waals surface area contributed by atoms with Crippen LogP contribution in [-0.2, 0) is 16.1 Å². The number of anilines is 1. The first-order chi connectivity index (χ1) is 8.08. The van der Waals surface area contributed by atoms with E-state index in [1.165, 1.54) is 4.90 Å². The molecule has 0 radical (unpaired) electrons. The van der Waals surface area contributed by atoms with E-state index in [4.69, 9.17) is 17.3 Å². The van der Waals surface area contributed by atoms with Gasteiger partial charge in [0.15, 0.2) is 0 Å². The van der Waals surface area contributed by atoms with Crippen molar-refractivity contribution in [2.45, 2.75) is 13.0 Å². The van der Waals surface area contributed by atoms with Crippen molar-refractivity contribution in [3.05, 3.63) is 28.8 Å². The number of hydrogen-bond donors (Lipinski definition) is 1. The largest absolute Gasteiger partial charge is 0.399 e. The fraction of sp³-hybridized carbons (Fsp3) is 0.333. The number of amides is 2. The van der Waals surface area contributed by atoms with E-state index in [0.717, 1.165) is 12.0 Å². The van der Waals surface area contributed by atoms with Gasteiger partial charge in [0.05, 0.1) is 18.4 Å². The van der Waals surface area contributed by atoms with Gasteiger partial charge < -0.3 is 5.73 Å². The lowest BCUT2D eigenvalue weighted by Crippen LogP contribution is -2.32. The van der Waals surface area contributed by atoms with Crippen LogP contribution in [0.4, 0.5) is 5.69 Å². The van der Waals surface area contributed by atoms with Crippen molar-refractivity contribution in [3.8, 4) is 0 Å². The van der Waals surface area contributed by atoms with Gasteiger partial charge in [-0.25, -0.2) is 0 Å². The van der Waals surface area contributed by atoms with Crippen LogP contribution in [0.2, 0.25) is 5.02 Å². The third-order valence-electron chi connectivity index (χ3n) is 3.36. The Morgan fingerprint density at radius 1 is 1.29 bits per heavy atom. The van der Waals surface area contributed by atoms with Crippen LogP contribution in [-0.4, -0.2) is 16.7 Å². The molecule has 0 aromatic heterocycles. The molecule has 88 valence electrons. The van der Waals surface area contributed by atoms with Gasteiger partial charge in [-0.1, -0.05) is 17.7 Å². The Balaban J connectivity index is 1.83. The second-order valence-electron chi connectivity index (χ2n) is 4.56. The maximum atomic E-state index is 11.8. The van der Waals surface area contributed by atoms with Crippen LogP contribution in [0.5, 0.6) is 0 Å². The molecule has 2 unspecified atom stereocenters. The van der Waals surface area contributed by atoms with Gasteiger partial charge in [0.2, 0.25) is 11.8 Å². The zero-order chi connectivity index (χ0) is 12.2. The lowest BCUT2D eigenvalue weighted by Gasteiger charge is -2.17. The normalized spacial score (nSPS) is 26.3. The summed E-state index contributed by atoms with van der Waals surface area (Å²) in [5.41, 5.74) is 6.91. The van der Waals surface area contributed by atoms with E-state index in [0.29, 0.717) is 10.7 Å². The summed E-state index contributed by atoms with van der Waals surface area (Å²) in [6.45, 7) is 0.254. The first-order valence-electron chi connectivity index (χ1n) is 5.47. The average molecular weight is 251 g/mol. The van der Waals surface area contributed by atoms with Crippen LogP contribution < -0.4 is 5.73 Å². The zero-order valence-electron chi connectivity index (χ0n) is 9.02. The number of halogens is 1. The van der Waals surface area contributed by atoms with Crippen LogP contribution in [0.15, 0.2) is 18.2 Å². The first kappa shape index (κ1) is 10.6. The summed E-state index contributed by atoms with van der Waals surface area (Å²) in [4.78, 5) is 24.9. The molecule has 1 saturated carbocycles. The molecule has 3 rings (SSSR count). The van der Waals surface area contributed by atoms with E-state index in [-0.39, 0.29) is 30.2 Å². The Labute approximate surface area is 103 Å². The summed E-state index contributed by atoms with van der Waals surface area (Å²) < 4.78 is 0. The molecular formula is C12H11ClN2O2. The van der Waals surface area contributed by atoms with Gasteiger partial charge in [0.1, 0.15) is 0 Å². The number of likely N-dealkylation sites (tertiary alicyclic amines) is 1. The maximum absolute atomic E-state index is 11.8. The number of benzene rings is 1. The molecule has 2 fully saturated rings. The molecule has 2 amide bonds. The summed E-state index contributed by atoms with van der Waals surface area (Å²) >= 11 is 6.02. The number of nitrogen functional groups attached to an aromatic ring is 1. The maximum Gasteiger partial charge on any atom is 0.233 e. The SMILES string of the molecule is Nc1ccc(CN2C(=O)C3CC3C2=O)c(Cl)c1. The molecule has 1 aliphatic heterocycles. The summed E-state index contributed by atoms with van der Waals surface area (Å²) in [6.07, 6.45) is 0.726. The number of rotatable bonds is 2. The third-order valence-corrected chi connectivity index (χ3v) is 3.71. The second-order valence-corrected chi connectivity index (χ2v) is 4.97. The highest BCUT2D eigenvalue weighted by atomic mass is 35.5. The van der Waals surface area contributed by atoms with E-state index in [2.05, 4.69) is 0 Å². The molecular weight excluding hydrogens is 240 g/mol. The molecule has 5 heteroatoms. The molecule has 1 aliphatic carbocycles. The number of carbonyl (C=O) groups is 2. The molecule has 0 spiro atoms. The van der Waals surface area contributed by atoms with Gasteiger partial charge in [-0.2, -0.15) is 0 Å². The highest BCUT2D eigenvalue weighted by molar-refractivity contribution is 6.31. The van der Waals surface area contributed by atoms with Gasteiger partial charge in [-0.3, -0.25) is 14.5 Å². The Hall–Kier alpha value is -1.55. The fourth-order valence-electron chi connectivity index (χ4n) is 2.27. The molecule has 2 atom stereocenters. The van der Waals surface area contributed by atoms with E-state index in [1.807, 2.05) is 0 Å². The Morgan fingerprint density at radius 2 is 1.94 bits per heavy atom. The summed E-state index contributed by atoms with van der Waals surface area (Å²) in [5, 5.41) is 0.492. The predicted molar refractivity (Wildman–Crippen MR) is 63.0 cm³/mol. The number of nitrogens with zero attached hydrogens (tertiary/aromatic N) is 1. The quantitative estimate of drug-likeness (QED) is 0.638. The van der Waals surface area contributed by atoms with Crippen LogP contribution in [0, 0.1) is 11.8 Å². The summed E-state index contributed by atoms with van der Waals surface area (Å²) in [7, 11) is 0. The molecule has 1 saturated heterocycles. The van der Waals surface area contributed by atoms with Crippen molar-refractivity contribution in [3.63, 3.8) is 0 Å². The minimum Gasteiger partial charge on any atom is -0.399 e. The monoisotopic (exact) mass is 250 g/mol. The van der Waals surface area contributed by atoms with Crippen molar-refractivity contribution in [1.29, 1.82) is 0 Å². The fourth-order valence-corrected chi connectivity index (χ4v) is 2.52. The third kappa shape index (κ3) is 1.60. The molecule has 1 aromatic carbocycles. The lowest BCUT2D eigenvalue weighted by atomic mass is 10.2. The topological polar surface area (TPSA) is 63.4 Å². The second kappa shape index (κ2) is 3.47. The minimum absolute atomic E-state index is 0.0601. The minimum atomic E-state index is -0.0621. The van der Waals surface area contributed by atoms with Crippen molar-refractivity contribution >= 4 is 29.1 Å². The predicted octanol–water partition coefficient (Wildman–Crippen LogP) is 1.43.